The van der Waals surface area contributed by atoms with Crippen molar-refractivity contribution in [2.75, 3.05) is 6.61 Å². The van der Waals surface area contributed by atoms with E-state index < -0.39 is 4.92 Å². The first kappa shape index (κ1) is 17.5. The summed E-state index contributed by atoms with van der Waals surface area (Å²) in [6.07, 6.45) is 4.73. The Labute approximate surface area is 140 Å². The maximum absolute atomic E-state index is 10.8. The topological polar surface area (TPSA) is 85.0 Å². The van der Waals surface area contributed by atoms with Crippen LogP contribution in [0.2, 0.25) is 0 Å². The Balaban J connectivity index is 2.01. The molecule has 2 aromatic rings. The van der Waals surface area contributed by atoms with Gasteiger partial charge in [-0.1, -0.05) is 19.8 Å². The van der Waals surface area contributed by atoms with Crippen LogP contribution in [0.4, 0.5) is 11.4 Å². The van der Waals surface area contributed by atoms with Crippen LogP contribution in [0, 0.1) is 10.1 Å². The lowest BCUT2D eigenvalue weighted by molar-refractivity contribution is -0.384. The number of benzene rings is 2. The highest BCUT2D eigenvalue weighted by Gasteiger charge is 2.08. The summed E-state index contributed by atoms with van der Waals surface area (Å²) in [6.45, 7) is 2.84. The minimum absolute atomic E-state index is 0.0553. The largest absolute Gasteiger partial charge is 0.507 e. The molecule has 0 fully saturated rings. The highest BCUT2D eigenvalue weighted by molar-refractivity contribution is 5.86. The third-order valence-electron chi connectivity index (χ3n) is 3.43. The number of nitro groups is 1. The fraction of sp³-hybridized carbons (Fsp3) is 0.278. The minimum Gasteiger partial charge on any atom is -0.507 e. The molecule has 2 rings (SSSR count). The molecule has 0 spiro atoms. The number of nitro benzene ring substituents is 1. The number of hydrogen-bond donors (Lipinski definition) is 1. The van der Waals surface area contributed by atoms with Crippen molar-refractivity contribution in [1.29, 1.82) is 0 Å². The van der Waals surface area contributed by atoms with Crippen LogP contribution in [-0.4, -0.2) is 22.9 Å². The summed E-state index contributed by atoms with van der Waals surface area (Å²) >= 11 is 0. The van der Waals surface area contributed by atoms with Gasteiger partial charge < -0.3 is 9.84 Å². The molecule has 6 heteroatoms. The molecule has 0 aromatic heterocycles. The Kier molecular flexibility index (Phi) is 6.31. The molecule has 0 heterocycles. The van der Waals surface area contributed by atoms with E-state index in [0.717, 1.165) is 25.0 Å². The number of unbranched alkanes of at least 4 members (excludes halogenated alkanes) is 2. The zero-order valence-electron chi connectivity index (χ0n) is 13.5. The first-order chi connectivity index (χ1) is 11.6. The van der Waals surface area contributed by atoms with Gasteiger partial charge in [0, 0.05) is 23.9 Å². The number of phenolic OH excluding ortho intramolecular Hbond substituents is 1. The van der Waals surface area contributed by atoms with Crippen molar-refractivity contribution in [1.82, 2.24) is 0 Å². The van der Waals surface area contributed by atoms with Crippen LogP contribution in [0.3, 0.4) is 0 Å². The molecule has 6 nitrogen and oxygen atoms in total. The molecule has 0 bridgehead atoms. The Morgan fingerprint density at radius 3 is 2.62 bits per heavy atom. The van der Waals surface area contributed by atoms with Crippen LogP contribution in [-0.2, 0) is 0 Å². The van der Waals surface area contributed by atoms with Gasteiger partial charge in [0.05, 0.1) is 17.2 Å². The minimum atomic E-state index is -0.512. The predicted molar refractivity (Wildman–Crippen MR) is 93.5 cm³/mol. The molecule has 0 unspecified atom stereocenters. The number of aliphatic imine (C=N–C) groups is 1. The molecular weight excluding hydrogens is 308 g/mol. The molecule has 1 N–H and O–H groups in total. The van der Waals surface area contributed by atoms with Crippen molar-refractivity contribution >= 4 is 17.6 Å². The number of non-ortho nitro benzene ring substituents is 1. The molecule has 0 atom stereocenters. The zero-order chi connectivity index (χ0) is 17.4. The van der Waals surface area contributed by atoms with Crippen molar-refractivity contribution < 1.29 is 14.8 Å². The highest BCUT2D eigenvalue weighted by atomic mass is 16.6. The van der Waals surface area contributed by atoms with Crippen LogP contribution in [0.5, 0.6) is 11.5 Å². The summed E-state index contributed by atoms with van der Waals surface area (Å²) < 4.78 is 5.62. The summed E-state index contributed by atoms with van der Waals surface area (Å²) in [5.41, 5.74) is 0.871. The van der Waals surface area contributed by atoms with Gasteiger partial charge >= 0.3 is 0 Å². The zero-order valence-corrected chi connectivity index (χ0v) is 13.5. The molecule has 126 valence electrons. The maximum atomic E-state index is 10.8. The average Bonchev–Trinajstić information content (AvgIpc) is 2.59. The maximum Gasteiger partial charge on any atom is 0.270 e. The molecule has 2 aromatic carbocycles. The van der Waals surface area contributed by atoms with Gasteiger partial charge in [0.25, 0.3) is 5.69 Å². The Hall–Kier alpha value is -2.89. The van der Waals surface area contributed by atoms with Crippen LogP contribution < -0.4 is 4.74 Å². The average molecular weight is 328 g/mol. The van der Waals surface area contributed by atoms with E-state index in [1.165, 1.54) is 24.4 Å². The Morgan fingerprint density at radius 1 is 1.21 bits per heavy atom. The third-order valence-corrected chi connectivity index (χ3v) is 3.43. The first-order valence-electron chi connectivity index (χ1n) is 7.84. The van der Waals surface area contributed by atoms with Crippen molar-refractivity contribution in [3.8, 4) is 11.5 Å². The number of hydrogen-bond acceptors (Lipinski definition) is 5. The quantitative estimate of drug-likeness (QED) is 0.331. The van der Waals surface area contributed by atoms with E-state index >= 15 is 0 Å². The first-order valence-corrected chi connectivity index (χ1v) is 7.84. The van der Waals surface area contributed by atoms with E-state index in [-0.39, 0.29) is 11.4 Å². The third kappa shape index (κ3) is 5.08. The van der Waals surface area contributed by atoms with Gasteiger partial charge in [-0.05, 0) is 36.8 Å². The molecular formula is C18H20N2O4. The van der Waals surface area contributed by atoms with Crippen LogP contribution >= 0.6 is 0 Å². The monoisotopic (exact) mass is 328 g/mol. The predicted octanol–water partition coefficient (Wildman–Crippen LogP) is 4.62. The van der Waals surface area contributed by atoms with Crippen molar-refractivity contribution in [2.24, 2.45) is 4.99 Å². The fourth-order valence-corrected chi connectivity index (χ4v) is 2.07. The van der Waals surface area contributed by atoms with Gasteiger partial charge in [0.15, 0.2) is 0 Å². The molecule has 0 amide bonds. The van der Waals surface area contributed by atoms with E-state index in [4.69, 9.17) is 4.74 Å². The van der Waals surface area contributed by atoms with Crippen molar-refractivity contribution in [2.45, 2.75) is 26.2 Å². The van der Waals surface area contributed by atoms with Gasteiger partial charge in [0.2, 0.25) is 0 Å². The number of phenols is 1. The van der Waals surface area contributed by atoms with Crippen LogP contribution in [0.15, 0.2) is 47.5 Å². The summed E-state index contributed by atoms with van der Waals surface area (Å²) in [6, 6.07) is 11.0. The number of rotatable bonds is 8. The van der Waals surface area contributed by atoms with Gasteiger partial charge in [0.1, 0.15) is 11.5 Å². The van der Waals surface area contributed by atoms with Gasteiger partial charge in [-0.3, -0.25) is 15.1 Å². The van der Waals surface area contributed by atoms with E-state index in [2.05, 4.69) is 11.9 Å². The summed E-state index contributed by atoms with van der Waals surface area (Å²) in [7, 11) is 0. The Morgan fingerprint density at radius 2 is 1.96 bits per heavy atom. The molecule has 0 aliphatic carbocycles. The fourth-order valence-electron chi connectivity index (χ4n) is 2.07. The standard InChI is InChI=1S/C18H20N2O4/c1-2-3-4-11-24-17-8-5-15(6-9-17)19-13-14-12-16(20(22)23)7-10-18(14)21/h5-10,12-13,21H,2-4,11H2,1H3. The van der Waals surface area contributed by atoms with Gasteiger partial charge in [-0.2, -0.15) is 0 Å². The second kappa shape index (κ2) is 8.67. The van der Waals surface area contributed by atoms with Crippen molar-refractivity contribution in [3.63, 3.8) is 0 Å². The molecule has 0 saturated carbocycles. The lowest BCUT2D eigenvalue weighted by Gasteiger charge is -2.05. The molecule has 24 heavy (non-hydrogen) atoms. The van der Waals surface area contributed by atoms with E-state index in [9.17, 15) is 15.2 Å². The molecule has 0 aliphatic rings. The lowest BCUT2D eigenvalue weighted by atomic mass is 10.2. The van der Waals surface area contributed by atoms with E-state index in [1.54, 1.807) is 12.1 Å². The summed E-state index contributed by atoms with van der Waals surface area (Å²) in [5.74, 6) is 0.725. The second-order valence-corrected chi connectivity index (χ2v) is 5.31. The SMILES string of the molecule is CCCCCOc1ccc(N=Cc2cc([N+](=O)[O-])ccc2O)cc1. The number of nitrogens with zero attached hydrogens (tertiary/aromatic N) is 2. The van der Waals surface area contributed by atoms with E-state index in [1.807, 2.05) is 12.1 Å². The van der Waals surface area contributed by atoms with E-state index in [0.29, 0.717) is 17.9 Å². The van der Waals surface area contributed by atoms with Crippen molar-refractivity contribution in [3.05, 3.63) is 58.1 Å². The number of aromatic hydroxyl groups is 1. The number of ether oxygens (including phenoxy) is 1. The lowest BCUT2D eigenvalue weighted by Crippen LogP contribution is -1.96. The smallest absolute Gasteiger partial charge is 0.270 e. The Bertz CT molecular complexity index is 711. The normalized spacial score (nSPS) is 10.9. The molecule has 0 aliphatic heterocycles. The molecule has 0 radical (unpaired) electrons. The molecule has 0 saturated heterocycles. The summed E-state index contributed by atoms with van der Waals surface area (Å²) in [4.78, 5) is 14.5. The van der Waals surface area contributed by atoms with Crippen LogP contribution in [0.25, 0.3) is 0 Å². The highest BCUT2D eigenvalue weighted by Crippen LogP contribution is 2.23. The van der Waals surface area contributed by atoms with Gasteiger partial charge in [-0.25, -0.2) is 0 Å². The second-order valence-electron chi connectivity index (χ2n) is 5.31. The van der Waals surface area contributed by atoms with Crippen LogP contribution in [0.1, 0.15) is 31.7 Å². The summed E-state index contributed by atoms with van der Waals surface area (Å²) in [5, 5.41) is 20.5. The van der Waals surface area contributed by atoms with Gasteiger partial charge in [-0.15, -0.1) is 0 Å².